The van der Waals surface area contributed by atoms with Crippen LogP contribution >= 0.6 is 11.6 Å². The van der Waals surface area contributed by atoms with Crippen molar-refractivity contribution < 1.29 is 14.3 Å². The summed E-state index contributed by atoms with van der Waals surface area (Å²) in [6.45, 7) is 5.61. The van der Waals surface area contributed by atoms with E-state index in [1.54, 1.807) is 27.0 Å². The predicted octanol–water partition coefficient (Wildman–Crippen LogP) is 5.87. The second-order valence-corrected chi connectivity index (χ2v) is 9.66. The molecule has 168 valence electrons. The Kier molecular flexibility index (Phi) is 5.13. The third kappa shape index (κ3) is 3.74. The highest BCUT2D eigenvalue weighted by Crippen LogP contribution is 2.48. The predicted molar refractivity (Wildman–Crippen MR) is 128 cm³/mol. The van der Waals surface area contributed by atoms with E-state index in [2.05, 4.69) is 10.3 Å². The fourth-order valence-corrected chi connectivity index (χ4v) is 4.82. The minimum atomic E-state index is -0.701. The van der Waals surface area contributed by atoms with Gasteiger partial charge in [0.15, 0.2) is 0 Å². The van der Waals surface area contributed by atoms with Crippen molar-refractivity contribution in [1.29, 1.82) is 0 Å². The first-order valence-electron chi connectivity index (χ1n) is 10.9. The molecule has 1 aromatic heterocycles. The molecule has 5 rings (SSSR count). The van der Waals surface area contributed by atoms with Gasteiger partial charge in [0.05, 0.1) is 5.52 Å². The van der Waals surface area contributed by atoms with E-state index in [1.165, 1.54) is 4.90 Å². The Labute approximate surface area is 197 Å². The lowest BCUT2D eigenvalue weighted by molar-refractivity contribution is -0.127. The molecular formula is C26H24ClN3O3. The quantitative estimate of drug-likeness (QED) is 0.491. The monoisotopic (exact) mass is 461 g/mol. The Morgan fingerprint density at radius 3 is 2.70 bits per heavy atom. The van der Waals surface area contributed by atoms with Crippen LogP contribution < -0.4 is 5.32 Å². The molecule has 7 heteroatoms. The summed E-state index contributed by atoms with van der Waals surface area (Å²) in [5.74, 6) is -0.815. The van der Waals surface area contributed by atoms with Gasteiger partial charge in [-0.15, -0.1) is 0 Å². The van der Waals surface area contributed by atoms with Crippen molar-refractivity contribution >= 4 is 40.2 Å². The van der Waals surface area contributed by atoms with Gasteiger partial charge in [-0.2, -0.15) is 0 Å². The highest BCUT2D eigenvalue weighted by Gasteiger charge is 2.42. The van der Waals surface area contributed by atoms with Crippen LogP contribution in [-0.2, 0) is 9.53 Å². The second-order valence-electron chi connectivity index (χ2n) is 9.26. The highest BCUT2D eigenvalue weighted by molar-refractivity contribution is 6.31. The number of carbonyl (C=O) groups is 2. The third-order valence-electron chi connectivity index (χ3n) is 5.91. The van der Waals surface area contributed by atoms with E-state index in [4.69, 9.17) is 16.3 Å². The van der Waals surface area contributed by atoms with Crippen LogP contribution in [0.2, 0.25) is 5.02 Å². The molecule has 0 aliphatic carbocycles. The van der Waals surface area contributed by atoms with Gasteiger partial charge in [0.2, 0.25) is 0 Å². The first kappa shape index (κ1) is 21.5. The van der Waals surface area contributed by atoms with Gasteiger partial charge in [-0.1, -0.05) is 35.9 Å². The van der Waals surface area contributed by atoms with Gasteiger partial charge in [0, 0.05) is 52.4 Å². The van der Waals surface area contributed by atoms with Gasteiger partial charge < -0.3 is 10.1 Å². The fraction of sp³-hybridized carbons (Fsp3) is 0.269. The molecule has 0 radical (unpaired) electrons. The molecule has 1 atom stereocenters. The lowest BCUT2D eigenvalue weighted by atomic mass is 9.77. The molecular weight excluding hydrogens is 438 g/mol. The Bertz CT molecular complexity index is 1330. The summed E-state index contributed by atoms with van der Waals surface area (Å²) in [6.07, 6.45) is 1.62. The maximum Gasteiger partial charge on any atom is 0.417 e. The number of imide groups is 1. The van der Waals surface area contributed by atoms with Crippen LogP contribution in [0.3, 0.4) is 0 Å². The normalized spacial score (nSPS) is 18.0. The lowest BCUT2D eigenvalue weighted by Crippen LogP contribution is -2.47. The Hall–Kier alpha value is -3.38. The summed E-state index contributed by atoms with van der Waals surface area (Å²) in [7, 11) is 0. The molecule has 0 spiro atoms. The molecule has 2 aromatic carbocycles. The average molecular weight is 462 g/mol. The zero-order valence-electron chi connectivity index (χ0n) is 18.7. The van der Waals surface area contributed by atoms with E-state index in [-0.39, 0.29) is 12.5 Å². The summed E-state index contributed by atoms with van der Waals surface area (Å²) >= 11 is 6.67. The van der Waals surface area contributed by atoms with Gasteiger partial charge >= 0.3 is 6.09 Å². The molecule has 3 aromatic rings. The SMILES string of the molecule is CC(C)(C)OC(=O)N1CCC2=C(C1=O)C(c1ccccc1Cl)c1c(ccc3ncccc13)N2. The number of fused-ring (bicyclic) bond motifs is 3. The van der Waals surface area contributed by atoms with Crippen molar-refractivity contribution in [3.05, 3.63) is 82.1 Å². The number of ether oxygens (including phenoxy) is 1. The number of benzene rings is 2. The molecule has 1 N–H and O–H groups in total. The first-order chi connectivity index (χ1) is 15.7. The van der Waals surface area contributed by atoms with Gasteiger partial charge in [0.25, 0.3) is 5.91 Å². The van der Waals surface area contributed by atoms with Crippen LogP contribution in [-0.4, -0.2) is 34.0 Å². The molecule has 2 amide bonds. The van der Waals surface area contributed by atoms with E-state index >= 15 is 0 Å². The maximum absolute atomic E-state index is 13.8. The molecule has 6 nitrogen and oxygen atoms in total. The minimum absolute atomic E-state index is 0.249. The van der Waals surface area contributed by atoms with E-state index < -0.39 is 17.6 Å². The number of anilines is 1. The smallest absolute Gasteiger partial charge is 0.417 e. The molecule has 0 fully saturated rings. The van der Waals surface area contributed by atoms with Crippen molar-refractivity contribution in [2.45, 2.75) is 38.7 Å². The number of nitrogens with zero attached hydrogens (tertiary/aromatic N) is 2. The zero-order chi connectivity index (χ0) is 23.3. The number of carbonyl (C=O) groups excluding carboxylic acids is 2. The topological polar surface area (TPSA) is 71.5 Å². The van der Waals surface area contributed by atoms with E-state index in [0.29, 0.717) is 17.0 Å². The fourth-order valence-electron chi connectivity index (χ4n) is 4.58. The van der Waals surface area contributed by atoms with E-state index in [0.717, 1.165) is 33.4 Å². The maximum atomic E-state index is 13.8. The number of rotatable bonds is 1. The van der Waals surface area contributed by atoms with Crippen LogP contribution in [0.4, 0.5) is 10.5 Å². The number of amides is 2. The van der Waals surface area contributed by atoms with E-state index in [9.17, 15) is 9.59 Å². The number of aromatic nitrogens is 1. The van der Waals surface area contributed by atoms with Crippen molar-refractivity contribution in [3.63, 3.8) is 0 Å². The minimum Gasteiger partial charge on any atom is -0.443 e. The van der Waals surface area contributed by atoms with Crippen molar-refractivity contribution in [1.82, 2.24) is 9.88 Å². The summed E-state index contributed by atoms with van der Waals surface area (Å²) in [6, 6.07) is 15.4. The van der Waals surface area contributed by atoms with Crippen LogP contribution in [0.15, 0.2) is 66.0 Å². The lowest BCUT2D eigenvalue weighted by Gasteiger charge is -2.38. The molecule has 0 saturated heterocycles. The Balaban J connectivity index is 1.70. The number of hydrogen-bond donors (Lipinski definition) is 1. The van der Waals surface area contributed by atoms with Crippen molar-refractivity contribution in [2.24, 2.45) is 0 Å². The number of pyridine rings is 1. The number of nitrogens with one attached hydrogen (secondary N) is 1. The second kappa shape index (κ2) is 7.89. The summed E-state index contributed by atoms with van der Waals surface area (Å²) in [5.41, 5.74) is 4.10. The summed E-state index contributed by atoms with van der Waals surface area (Å²) < 4.78 is 5.52. The standard InChI is InChI=1S/C26H24ClN3O3/c1-26(2,3)33-25(32)30-14-12-20-23(24(30)31)22(15-7-4-5-9-17(15)27)21-16-8-6-13-28-18(16)10-11-19(21)29-20/h4-11,13,22,29H,12,14H2,1-3H3. The number of halogens is 1. The average Bonchev–Trinajstić information content (AvgIpc) is 2.77. The highest BCUT2D eigenvalue weighted by atomic mass is 35.5. The van der Waals surface area contributed by atoms with Crippen LogP contribution in [0, 0.1) is 0 Å². The molecule has 3 heterocycles. The van der Waals surface area contributed by atoms with E-state index in [1.807, 2.05) is 48.5 Å². The van der Waals surface area contributed by atoms with Crippen LogP contribution in [0.1, 0.15) is 44.2 Å². The largest absolute Gasteiger partial charge is 0.443 e. The summed E-state index contributed by atoms with van der Waals surface area (Å²) in [5, 5.41) is 4.95. The first-order valence-corrected chi connectivity index (χ1v) is 11.3. The number of hydrogen-bond acceptors (Lipinski definition) is 5. The van der Waals surface area contributed by atoms with Gasteiger partial charge in [-0.05, 0) is 56.2 Å². The van der Waals surface area contributed by atoms with Crippen molar-refractivity contribution in [2.75, 3.05) is 11.9 Å². The molecule has 2 aliphatic rings. The molecule has 2 aliphatic heterocycles. The molecule has 0 bridgehead atoms. The molecule has 33 heavy (non-hydrogen) atoms. The van der Waals surface area contributed by atoms with Gasteiger partial charge in [0.1, 0.15) is 5.60 Å². The zero-order valence-corrected chi connectivity index (χ0v) is 19.4. The van der Waals surface area contributed by atoms with Crippen molar-refractivity contribution in [3.8, 4) is 0 Å². The van der Waals surface area contributed by atoms with Gasteiger partial charge in [-0.3, -0.25) is 9.78 Å². The Morgan fingerprint density at radius 1 is 1.15 bits per heavy atom. The third-order valence-corrected chi connectivity index (χ3v) is 6.25. The van der Waals surface area contributed by atoms with Crippen LogP contribution in [0.5, 0.6) is 0 Å². The van der Waals surface area contributed by atoms with Gasteiger partial charge in [-0.25, -0.2) is 9.69 Å². The van der Waals surface area contributed by atoms with Crippen LogP contribution in [0.25, 0.3) is 10.9 Å². The Morgan fingerprint density at radius 2 is 1.94 bits per heavy atom. The summed E-state index contributed by atoms with van der Waals surface area (Å²) in [4.78, 5) is 32.4. The molecule has 1 unspecified atom stereocenters. The molecule has 0 saturated carbocycles.